The number of anilines is 1. The van der Waals surface area contributed by atoms with Gasteiger partial charge in [-0.15, -0.1) is 0 Å². The Morgan fingerprint density at radius 1 is 1.20 bits per heavy atom. The molecular formula is C19H23ClN2O3. The monoisotopic (exact) mass is 362 g/mol. The lowest BCUT2D eigenvalue weighted by molar-refractivity contribution is -0.137. The van der Waals surface area contributed by atoms with Crippen molar-refractivity contribution in [3.63, 3.8) is 0 Å². The van der Waals surface area contributed by atoms with E-state index in [1.54, 1.807) is 18.2 Å². The molecule has 1 aromatic rings. The largest absolute Gasteiger partial charge is 0.482 e. The van der Waals surface area contributed by atoms with E-state index in [-0.39, 0.29) is 25.0 Å². The van der Waals surface area contributed by atoms with Crippen LogP contribution < -0.4 is 9.64 Å². The normalized spacial score (nSPS) is 25.9. The summed E-state index contributed by atoms with van der Waals surface area (Å²) in [6, 6.07) is 5.53. The Balaban J connectivity index is 1.54. The van der Waals surface area contributed by atoms with Crippen LogP contribution in [-0.2, 0) is 9.59 Å². The summed E-state index contributed by atoms with van der Waals surface area (Å²) in [5, 5.41) is 0.528. The molecule has 2 fully saturated rings. The van der Waals surface area contributed by atoms with Gasteiger partial charge in [-0.1, -0.05) is 24.4 Å². The maximum atomic E-state index is 13.0. The van der Waals surface area contributed by atoms with Crippen molar-refractivity contribution in [2.24, 2.45) is 5.92 Å². The zero-order chi connectivity index (χ0) is 17.4. The second-order valence-electron chi connectivity index (χ2n) is 7.22. The van der Waals surface area contributed by atoms with E-state index in [1.165, 1.54) is 30.6 Å². The molecule has 134 valence electrons. The summed E-state index contributed by atoms with van der Waals surface area (Å²) >= 11 is 6.08. The first kappa shape index (κ1) is 16.7. The van der Waals surface area contributed by atoms with Crippen molar-refractivity contribution < 1.29 is 14.3 Å². The molecule has 25 heavy (non-hydrogen) atoms. The lowest BCUT2D eigenvalue weighted by atomic mass is 9.78. The second kappa shape index (κ2) is 6.87. The number of hydrogen-bond donors (Lipinski definition) is 0. The van der Waals surface area contributed by atoms with Gasteiger partial charge in [-0.2, -0.15) is 0 Å². The van der Waals surface area contributed by atoms with Crippen LogP contribution in [0.5, 0.6) is 5.75 Å². The maximum absolute atomic E-state index is 13.0. The highest BCUT2D eigenvalue weighted by Crippen LogP contribution is 2.37. The molecule has 0 N–H and O–H groups in total. The van der Waals surface area contributed by atoms with Crippen molar-refractivity contribution in [1.82, 2.24) is 4.90 Å². The minimum absolute atomic E-state index is 0.0338. The fourth-order valence-corrected chi connectivity index (χ4v) is 4.68. The summed E-state index contributed by atoms with van der Waals surface area (Å²) < 4.78 is 5.46. The molecule has 4 rings (SSSR count). The van der Waals surface area contributed by atoms with E-state index in [0.717, 1.165) is 19.4 Å². The summed E-state index contributed by atoms with van der Waals surface area (Å²) in [5.41, 5.74) is 0.592. The average molecular weight is 363 g/mol. The number of piperidine rings is 1. The van der Waals surface area contributed by atoms with Crippen molar-refractivity contribution in [1.29, 1.82) is 0 Å². The van der Waals surface area contributed by atoms with Crippen LogP contribution in [0.3, 0.4) is 0 Å². The standard InChI is InChI=1S/C19H23ClN2O3/c20-14-7-8-17-16(10-14)22(19(24)12-25-17)11-18(23)21-9-3-5-13-4-1-2-6-15(13)21/h7-8,10,13,15H,1-6,9,11-12H2. The zero-order valence-corrected chi connectivity index (χ0v) is 15.0. The summed E-state index contributed by atoms with van der Waals surface area (Å²) in [5.74, 6) is 1.08. The molecule has 0 radical (unpaired) electrons. The average Bonchev–Trinajstić information content (AvgIpc) is 2.63. The fourth-order valence-electron chi connectivity index (χ4n) is 4.51. The third kappa shape index (κ3) is 3.22. The predicted octanol–water partition coefficient (Wildman–Crippen LogP) is 3.25. The van der Waals surface area contributed by atoms with E-state index in [1.807, 2.05) is 4.90 Å². The molecule has 3 aliphatic rings. The maximum Gasteiger partial charge on any atom is 0.265 e. The van der Waals surface area contributed by atoms with Gasteiger partial charge in [0.1, 0.15) is 12.3 Å². The number of likely N-dealkylation sites (tertiary alicyclic amines) is 1. The van der Waals surface area contributed by atoms with Crippen LogP contribution in [0.25, 0.3) is 0 Å². The predicted molar refractivity (Wildman–Crippen MR) is 96.0 cm³/mol. The van der Waals surface area contributed by atoms with E-state index in [0.29, 0.717) is 28.4 Å². The van der Waals surface area contributed by atoms with E-state index in [9.17, 15) is 9.59 Å². The van der Waals surface area contributed by atoms with Crippen LogP contribution in [0, 0.1) is 5.92 Å². The van der Waals surface area contributed by atoms with Crippen LogP contribution in [0.1, 0.15) is 38.5 Å². The molecule has 5 nitrogen and oxygen atoms in total. The second-order valence-corrected chi connectivity index (χ2v) is 7.66. The molecule has 0 aromatic heterocycles. The quantitative estimate of drug-likeness (QED) is 0.811. The van der Waals surface area contributed by atoms with Gasteiger partial charge in [0.15, 0.2) is 6.61 Å². The number of ether oxygens (including phenoxy) is 1. The van der Waals surface area contributed by atoms with Gasteiger partial charge >= 0.3 is 0 Å². The first-order valence-electron chi connectivity index (χ1n) is 9.15. The molecule has 0 bridgehead atoms. The molecule has 1 aliphatic carbocycles. The highest BCUT2D eigenvalue weighted by Gasteiger charge is 2.37. The van der Waals surface area contributed by atoms with Gasteiger partial charge in [0, 0.05) is 17.6 Å². The number of nitrogens with zero attached hydrogens (tertiary/aromatic N) is 2. The molecule has 6 heteroatoms. The summed E-state index contributed by atoms with van der Waals surface area (Å²) in [6.45, 7) is 0.841. The van der Waals surface area contributed by atoms with E-state index in [4.69, 9.17) is 16.3 Å². The summed E-state index contributed by atoms with van der Waals surface area (Å²) in [7, 11) is 0. The van der Waals surface area contributed by atoms with Crippen LogP contribution in [0.4, 0.5) is 5.69 Å². The molecule has 2 unspecified atom stereocenters. The van der Waals surface area contributed by atoms with Gasteiger partial charge in [0.05, 0.1) is 5.69 Å². The number of amides is 2. The van der Waals surface area contributed by atoms with Gasteiger partial charge in [0.2, 0.25) is 5.91 Å². The summed E-state index contributed by atoms with van der Waals surface area (Å²) in [6.07, 6.45) is 7.08. The number of rotatable bonds is 2. The minimum Gasteiger partial charge on any atom is -0.482 e. The highest BCUT2D eigenvalue weighted by molar-refractivity contribution is 6.31. The molecule has 2 heterocycles. The van der Waals surface area contributed by atoms with E-state index >= 15 is 0 Å². The Morgan fingerprint density at radius 3 is 2.88 bits per heavy atom. The number of halogens is 1. The lowest BCUT2D eigenvalue weighted by Crippen LogP contribution is -2.54. The van der Waals surface area contributed by atoms with Crippen LogP contribution in [0.15, 0.2) is 18.2 Å². The van der Waals surface area contributed by atoms with E-state index in [2.05, 4.69) is 0 Å². The van der Waals surface area contributed by atoms with E-state index < -0.39 is 0 Å². The Bertz CT molecular complexity index is 691. The number of carbonyl (C=O) groups is 2. The Kier molecular flexibility index (Phi) is 4.59. The molecule has 2 amide bonds. The Labute approximate surface area is 152 Å². The molecule has 1 saturated heterocycles. The molecular weight excluding hydrogens is 340 g/mol. The lowest BCUT2D eigenvalue weighted by Gasteiger charge is -2.44. The molecule has 1 aromatic carbocycles. The number of carbonyl (C=O) groups excluding carboxylic acids is 2. The molecule has 1 saturated carbocycles. The van der Waals surface area contributed by atoms with Crippen molar-refractivity contribution in [3.8, 4) is 5.75 Å². The van der Waals surface area contributed by atoms with Crippen molar-refractivity contribution in [2.45, 2.75) is 44.6 Å². The first-order valence-corrected chi connectivity index (χ1v) is 9.53. The van der Waals surface area contributed by atoms with Gasteiger partial charge in [-0.05, 0) is 49.8 Å². The zero-order valence-electron chi connectivity index (χ0n) is 14.2. The number of benzene rings is 1. The smallest absolute Gasteiger partial charge is 0.265 e. The van der Waals surface area contributed by atoms with Gasteiger partial charge in [-0.25, -0.2) is 0 Å². The third-order valence-electron chi connectivity index (χ3n) is 5.72. The third-order valence-corrected chi connectivity index (χ3v) is 5.96. The molecule has 0 spiro atoms. The van der Waals surface area contributed by atoms with Gasteiger partial charge < -0.3 is 9.64 Å². The SMILES string of the molecule is O=C1COc2ccc(Cl)cc2N1CC(=O)N1CCCC2CCCCC21. The van der Waals surface area contributed by atoms with Gasteiger partial charge in [0.25, 0.3) is 5.91 Å². The number of fused-ring (bicyclic) bond motifs is 2. The van der Waals surface area contributed by atoms with Crippen LogP contribution in [0.2, 0.25) is 5.02 Å². The van der Waals surface area contributed by atoms with Crippen LogP contribution in [-0.4, -0.2) is 42.5 Å². The number of hydrogen-bond acceptors (Lipinski definition) is 3. The Morgan fingerprint density at radius 2 is 2.00 bits per heavy atom. The van der Waals surface area contributed by atoms with Crippen molar-refractivity contribution in [2.75, 3.05) is 24.6 Å². The van der Waals surface area contributed by atoms with Crippen molar-refractivity contribution >= 4 is 29.1 Å². The van der Waals surface area contributed by atoms with Gasteiger partial charge in [-0.3, -0.25) is 14.5 Å². The molecule has 2 atom stereocenters. The first-order chi connectivity index (χ1) is 12.1. The fraction of sp³-hybridized carbons (Fsp3) is 0.579. The topological polar surface area (TPSA) is 49.9 Å². The molecule has 2 aliphatic heterocycles. The highest BCUT2D eigenvalue weighted by atomic mass is 35.5. The summed E-state index contributed by atoms with van der Waals surface area (Å²) in [4.78, 5) is 28.9. The minimum atomic E-state index is -0.194. The Hall–Kier alpha value is -1.75. The van der Waals surface area contributed by atoms with Crippen molar-refractivity contribution in [3.05, 3.63) is 23.2 Å². The van der Waals surface area contributed by atoms with Crippen LogP contribution >= 0.6 is 11.6 Å².